The van der Waals surface area contributed by atoms with Gasteiger partial charge in [-0.2, -0.15) is 16.4 Å². The number of rotatable bonds is 4. The summed E-state index contributed by atoms with van der Waals surface area (Å²) >= 11 is 1.54. The quantitative estimate of drug-likeness (QED) is 0.787. The minimum absolute atomic E-state index is 0.00455. The molecule has 0 aliphatic heterocycles. The third kappa shape index (κ3) is 2.99. The molecule has 1 aliphatic rings. The van der Waals surface area contributed by atoms with Gasteiger partial charge in [0.05, 0.1) is 24.3 Å². The molecule has 5 heteroatoms. The first kappa shape index (κ1) is 15.1. The summed E-state index contributed by atoms with van der Waals surface area (Å²) in [5.74, 6) is 0.00455. The van der Waals surface area contributed by atoms with Crippen molar-refractivity contribution >= 4 is 17.2 Å². The highest BCUT2D eigenvalue weighted by Crippen LogP contribution is 2.30. The third-order valence-corrected chi connectivity index (χ3v) is 5.21. The van der Waals surface area contributed by atoms with E-state index >= 15 is 0 Å². The molecule has 4 rings (SSSR count). The monoisotopic (exact) mass is 337 g/mol. The maximum absolute atomic E-state index is 12.3. The number of benzene rings is 1. The minimum atomic E-state index is 0.00455. The largest absolute Gasteiger partial charge is 0.345 e. The number of nitrogens with zero attached hydrogens (tertiary/aromatic N) is 2. The fourth-order valence-corrected chi connectivity index (χ4v) is 3.93. The van der Waals surface area contributed by atoms with Crippen LogP contribution in [0.15, 0.2) is 53.4 Å². The molecule has 0 spiro atoms. The lowest BCUT2D eigenvalue weighted by molar-refractivity contribution is 0.0933. The molecule has 1 aliphatic carbocycles. The number of carbonyl (C=O) groups is 1. The molecule has 1 aromatic carbocycles. The topological polar surface area (TPSA) is 46.9 Å². The molecule has 4 nitrogen and oxygen atoms in total. The van der Waals surface area contributed by atoms with Crippen molar-refractivity contribution in [2.24, 2.45) is 0 Å². The molecule has 0 unspecified atom stereocenters. The lowest BCUT2D eigenvalue weighted by Gasteiger charge is -2.24. The molecular formula is C19H19N3OS. The highest BCUT2D eigenvalue weighted by atomic mass is 32.1. The van der Waals surface area contributed by atoms with Crippen molar-refractivity contribution in [1.29, 1.82) is 0 Å². The van der Waals surface area contributed by atoms with Crippen LogP contribution in [-0.4, -0.2) is 15.7 Å². The first-order valence-corrected chi connectivity index (χ1v) is 9.17. The van der Waals surface area contributed by atoms with Gasteiger partial charge >= 0.3 is 0 Å². The summed E-state index contributed by atoms with van der Waals surface area (Å²) in [6, 6.07) is 12.3. The Kier molecular flexibility index (Phi) is 4.17. The van der Waals surface area contributed by atoms with E-state index in [0.29, 0.717) is 0 Å². The van der Waals surface area contributed by atoms with Crippen molar-refractivity contribution in [2.75, 3.05) is 0 Å². The lowest BCUT2D eigenvalue weighted by Crippen LogP contribution is -2.30. The molecule has 1 atom stereocenters. The van der Waals surface area contributed by atoms with Gasteiger partial charge in [0.25, 0.3) is 5.91 Å². The van der Waals surface area contributed by atoms with Crippen LogP contribution in [0.5, 0.6) is 0 Å². The van der Waals surface area contributed by atoms with Crippen LogP contribution >= 0.6 is 11.3 Å². The Balaban J connectivity index is 1.54. The molecule has 0 saturated heterocycles. The zero-order chi connectivity index (χ0) is 16.4. The van der Waals surface area contributed by atoms with Crippen LogP contribution in [0.25, 0.3) is 0 Å². The molecule has 122 valence electrons. The third-order valence-electron chi connectivity index (χ3n) is 4.53. The number of aromatic nitrogens is 2. The van der Waals surface area contributed by atoms with Crippen molar-refractivity contribution in [2.45, 2.75) is 31.8 Å². The van der Waals surface area contributed by atoms with Crippen molar-refractivity contribution in [3.63, 3.8) is 0 Å². The maximum atomic E-state index is 12.3. The van der Waals surface area contributed by atoms with Gasteiger partial charge < -0.3 is 5.32 Å². The number of carbonyl (C=O) groups excluding carboxylic acids is 1. The number of amides is 1. The van der Waals surface area contributed by atoms with Crippen molar-refractivity contribution < 1.29 is 4.79 Å². The van der Waals surface area contributed by atoms with E-state index in [9.17, 15) is 4.79 Å². The van der Waals surface area contributed by atoms with Crippen LogP contribution in [0.2, 0.25) is 0 Å². The summed E-state index contributed by atoms with van der Waals surface area (Å²) in [5, 5.41) is 11.6. The Bertz CT molecular complexity index is 824. The average molecular weight is 337 g/mol. The first-order chi connectivity index (χ1) is 11.8. The van der Waals surface area contributed by atoms with Gasteiger partial charge in [-0.25, -0.2) is 0 Å². The van der Waals surface area contributed by atoms with Gasteiger partial charge in [0, 0.05) is 16.6 Å². The lowest BCUT2D eigenvalue weighted by atomic mass is 9.92. The molecule has 2 aromatic heterocycles. The summed E-state index contributed by atoms with van der Waals surface area (Å²) in [6.45, 7) is 0.779. The van der Waals surface area contributed by atoms with Crippen molar-refractivity contribution in [3.8, 4) is 0 Å². The van der Waals surface area contributed by atoms with Gasteiger partial charge in [-0.1, -0.05) is 30.3 Å². The highest BCUT2D eigenvalue weighted by Gasteiger charge is 2.26. The average Bonchev–Trinajstić information content (AvgIpc) is 3.27. The second kappa shape index (κ2) is 6.61. The van der Waals surface area contributed by atoms with Gasteiger partial charge in [-0.15, -0.1) is 0 Å². The van der Waals surface area contributed by atoms with Gasteiger partial charge in [-0.05, 0) is 36.3 Å². The molecular weight excluding hydrogens is 318 g/mol. The summed E-state index contributed by atoms with van der Waals surface area (Å²) < 4.78 is 2.08. The number of hydrogen-bond donors (Lipinski definition) is 1. The Hall–Kier alpha value is -2.40. The van der Waals surface area contributed by atoms with Crippen LogP contribution in [0.4, 0.5) is 0 Å². The zero-order valence-electron chi connectivity index (χ0n) is 13.3. The number of fused-ring (bicyclic) bond motifs is 1. The Labute approximate surface area is 145 Å². The van der Waals surface area contributed by atoms with E-state index in [1.54, 1.807) is 11.3 Å². The molecule has 1 N–H and O–H groups in total. The number of thiophene rings is 1. The maximum Gasteiger partial charge on any atom is 0.252 e. The van der Waals surface area contributed by atoms with E-state index in [-0.39, 0.29) is 11.9 Å². The fourth-order valence-electron chi connectivity index (χ4n) is 3.30. The molecule has 2 heterocycles. The number of hydrogen-bond acceptors (Lipinski definition) is 3. The van der Waals surface area contributed by atoms with E-state index < -0.39 is 0 Å². The summed E-state index contributed by atoms with van der Waals surface area (Å²) in [4.78, 5) is 12.3. The predicted molar refractivity (Wildman–Crippen MR) is 95.2 cm³/mol. The predicted octanol–water partition coefficient (Wildman–Crippen LogP) is 3.80. The number of nitrogens with one attached hydrogen (secondary N) is 1. The van der Waals surface area contributed by atoms with Crippen LogP contribution in [0, 0.1) is 0 Å². The molecule has 0 fully saturated rings. The summed E-state index contributed by atoms with van der Waals surface area (Å²) in [7, 11) is 0. The molecule has 1 amide bonds. The minimum Gasteiger partial charge on any atom is -0.345 e. The molecule has 24 heavy (non-hydrogen) atoms. The highest BCUT2D eigenvalue weighted by molar-refractivity contribution is 7.08. The fraction of sp³-hybridized carbons (Fsp3) is 0.263. The molecule has 0 saturated carbocycles. The van der Waals surface area contributed by atoms with Crippen LogP contribution in [0.3, 0.4) is 0 Å². The normalized spacial score (nSPS) is 16.6. The summed E-state index contributed by atoms with van der Waals surface area (Å²) in [5.41, 5.74) is 4.40. The Morgan fingerprint density at radius 2 is 2.17 bits per heavy atom. The van der Waals surface area contributed by atoms with E-state index in [4.69, 9.17) is 0 Å². The van der Waals surface area contributed by atoms with Crippen LogP contribution in [-0.2, 0) is 13.0 Å². The molecule has 0 radical (unpaired) electrons. The van der Waals surface area contributed by atoms with E-state index in [1.165, 1.54) is 16.8 Å². The Morgan fingerprint density at radius 1 is 1.29 bits per heavy atom. The van der Waals surface area contributed by atoms with Crippen molar-refractivity contribution in [3.05, 3.63) is 75.7 Å². The second-order valence-electron chi connectivity index (χ2n) is 6.12. The Morgan fingerprint density at radius 3 is 2.96 bits per heavy atom. The van der Waals surface area contributed by atoms with Crippen LogP contribution in [0.1, 0.15) is 46.1 Å². The van der Waals surface area contributed by atoms with Gasteiger partial charge in [0.1, 0.15) is 0 Å². The van der Waals surface area contributed by atoms with Crippen LogP contribution < -0.4 is 5.32 Å². The van der Waals surface area contributed by atoms with E-state index in [1.807, 2.05) is 29.1 Å². The molecule has 0 bridgehead atoms. The summed E-state index contributed by atoms with van der Waals surface area (Å²) in [6.07, 6.45) is 4.99. The van der Waals surface area contributed by atoms with E-state index in [2.05, 4.69) is 39.4 Å². The molecule has 3 aromatic rings. The smallest absolute Gasteiger partial charge is 0.252 e. The second-order valence-corrected chi connectivity index (χ2v) is 6.90. The zero-order valence-corrected chi connectivity index (χ0v) is 14.1. The van der Waals surface area contributed by atoms with Gasteiger partial charge in [0.2, 0.25) is 0 Å². The van der Waals surface area contributed by atoms with Gasteiger partial charge in [0.15, 0.2) is 0 Å². The first-order valence-electron chi connectivity index (χ1n) is 8.23. The van der Waals surface area contributed by atoms with E-state index in [0.717, 1.165) is 31.4 Å². The van der Waals surface area contributed by atoms with Gasteiger partial charge in [-0.3, -0.25) is 9.48 Å². The standard InChI is InChI=1S/C19H19N3OS/c23-19(15-9-10-24-13-15)21-17-7-4-8-18-16(17)11-20-22(18)12-14-5-2-1-3-6-14/h1-3,5-6,9-11,13,17H,4,7-8,12H2,(H,21,23)/t17-/m0/s1. The SMILES string of the molecule is O=C(N[C@H]1CCCc2c1cnn2Cc1ccccc1)c1ccsc1. The van der Waals surface area contributed by atoms with Crippen molar-refractivity contribution in [1.82, 2.24) is 15.1 Å².